The summed E-state index contributed by atoms with van der Waals surface area (Å²) in [6, 6.07) is 6.96. The molecule has 1 aromatic carbocycles. The first-order chi connectivity index (χ1) is 13.2. The fourth-order valence-corrected chi connectivity index (χ4v) is 5.44. The lowest BCUT2D eigenvalue weighted by Crippen LogP contribution is -2.64. The Balaban J connectivity index is 2.23. The molecule has 0 spiro atoms. The quantitative estimate of drug-likeness (QED) is 0.500. The number of likely N-dealkylation sites (tertiary alicyclic amines) is 1. The van der Waals surface area contributed by atoms with Crippen LogP contribution in [0.2, 0.25) is 0 Å². The number of carbonyl (C=O) groups is 1. The Labute approximate surface area is 169 Å². The van der Waals surface area contributed by atoms with E-state index in [1.807, 2.05) is 26.1 Å². The second-order valence-corrected chi connectivity index (χ2v) is 9.56. The molecule has 1 aliphatic heterocycles. The van der Waals surface area contributed by atoms with Crippen LogP contribution < -0.4 is 4.72 Å². The predicted molar refractivity (Wildman–Crippen MR) is 111 cm³/mol. The van der Waals surface area contributed by atoms with Gasteiger partial charge in [0.25, 0.3) is 0 Å². The van der Waals surface area contributed by atoms with E-state index in [-0.39, 0.29) is 17.4 Å². The summed E-state index contributed by atoms with van der Waals surface area (Å²) in [5, 5.41) is 0. The van der Waals surface area contributed by atoms with E-state index in [1.54, 1.807) is 12.1 Å². The van der Waals surface area contributed by atoms with E-state index < -0.39 is 21.5 Å². The molecule has 1 fully saturated rings. The zero-order valence-electron chi connectivity index (χ0n) is 17.5. The van der Waals surface area contributed by atoms with Gasteiger partial charge in [0.15, 0.2) is 0 Å². The largest absolute Gasteiger partial charge is 0.469 e. The van der Waals surface area contributed by atoms with Crippen molar-refractivity contribution in [3.8, 4) is 0 Å². The SMILES string of the molecule is CCCCCc1ccc(S(=O)(=O)NC2(CC(=O)OC)CCCN(C)C2C)cc1. The number of carbonyl (C=O) groups excluding carboxylic acids is 1. The van der Waals surface area contributed by atoms with Crippen LogP contribution in [0.5, 0.6) is 0 Å². The Bertz CT molecular complexity index is 748. The standard InChI is InChI=1S/C21H34N2O4S/c1-5-6-7-9-18-10-12-19(13-11-18)28(25,26)22-21(16-20(24)27-4)14-8-15-23(3)17(21)2/h10-13,17,22H,5-9,14-16H2,1-4H3. The van der Waals surface area contributed by atoms with Gasteiger partial charge in [-0.05, 0) is 63.9 Å². The molecule has 1 N–H and O–H groups in total. The molecule has 7 heteroatoms. The van der Waals surface area contributed by atoms with Crippen molar-refractivity contribution < 1.29 is 17.9 Å². The third-order valence-corrected chi connectivity index (χ3v) is 7.49. The number of aryl methyl sites for hydroxylation is 1. The molecule has 2 rings (SSSR count). The molecule has 2 unspecified atom stereocenters. The van der Waals surface area contributed by atoms with Crippen LogP contribution in [-0.2, 0) is 26.0 Å². The minimum absolute atomic E-state index is 0.0172. The average molecular weight is 411 g/mol. The molecule has 1 aliphatic rings. The Hall–Kier alpha value is -1.44. The average Bonchev–Trinajstić information content (AvgIpc) is 2.66. The highest BCUT2D eigenvalue weighted by Gasteiger charge is 2.45. The summed E-state index contributed by atoms with van der Waals surface area (Å²) in [6.45, 7) is 4.99. The number of nitrogens with one attached hydrogen (secondary N) is 1. The highest BCUT2D eigenvalue weighted by atomic mass is 32.2. The highest BCUT2D eigenvalue weighted by molar-refractivity contribution is 7.89. The van der Waals surface area contributed by atoms with Crippen molar-refractivity contribution in [2.45, 2.75) is 75.3 Å². The number of nitrogens with zero attached hydrogens (tertiary/aromatic N) is 1. The predicted octanol–water partition coefficient (Wildman–Crippen LogP) is 3.11. The molecule has 1 heterocycles. The van der Waals surface area contributed by atoms with E-state index >= 15 is 0 Å². The number of benzene rings is 1. The summed E-state index contributed by atoms with van der Waals surface area (Å²) in [4.78, 5) is 14.4. The molecule has 158 valence electrons. The highest BCUT2D eigenvalue weighted by Crippen LogP contribution is 2.32. The molecule has 1 saturated heterocycles. The van der Waals surface area contributed by atoms with Gasteiger partial charge in [-0.1, -0.05) is 31.9 Å². The Morgan fingerprint density at radius 2 is 1.96 bits per heavy atom. The van der Waals surface area contributed by atoms with Crippen molar-refractivity contribution >= 4 is 16.0 Å². The van der Waals surface area contributed by atoms with Crippen molar-refractivity contribution in [3.63, 3.8) is 0 Å². The molecule has 0 bridgehead atoms. The number of likely N-dealkylation sites (N-methyl/N-ethyl adjacent to an activating group) is 1. The van der Waals surface area contributed by atoms with Gasteiger partial charge in [0.1, 0.15) is 0 Å². The fourth-order valence-electron chi connectivity index (χ4n) is 3.95. The fraction of sp³-hybridized carbons (Fsp3) is 0.667. The van der Waals surface area contributed by atoms with Gasteiger partial charge >= 0.3 is 5.97 Å². The third-order valence-electron chi connectivity index (χ3n) is 5.92. The summed E-state index contributed by atoms with van der Waals surface area (Å²) >= 11 is 0. The van der Waals surface area contributed by atoms with E-state index in [0.717, 1.165) is 37.8 Å². The van der Waals surface area contributed by atoms with Crippen molar-refractivity contribution in [2.24, 2.45) is 0 Å². The van der Waals surface area contributed by atoms with E-state index in [9.17, 15) is 13.2 Å². The summed E-state index contributed by atoms with van der Waals surface area (Å²) in [6.07, 6.45) is 5.82. The van der Waals surface area contributed by atoms with E-state index in [0.29, 0.717) is 6.42 Å². The molecule has 0 aromatic heterocycles. The molecule has 2 atom stereocenters. The topological polar surface area (TPSA) is 75.7 Å². The van der Waals surface area contributed by atoms with Crippen molar-refractivity contribution in [2.75, 3.05) is 20.7 Å². The first-order valence-electron chi connectivity index (χ1n) is 10.1. The lowest BCUT2D eigenvalue weighted by atomic mass is 9.80. The van der Waals surface area contributed by atoms with Crippen LogP contribution in [-0.4, -0.2) is 51.6 Å². The molecule has 0 amide bonds. The van der Waals surface area contributed by atoms with Gasteiger partial charge in [-0.15, -0.1) is 0 Å². The molecule has 1 aromatic rings. The second kappa shape index (κ2) is 9.85. The van der Waals surface area contributed by atoms with E-state index in [4.69, 9.17) is 4.74 Å². The van der Waals surface area contributed by atoms with E-state index in [1.165, 1.54) is 13.5 Å². The summed E-state index contributed by atoms with van der Waals surface area (Å²) < 4.78 is 34.0. The third kappa shape index (κ3) is 5.55. The lowest BCUT2D eigenvalue weighted by Gasteiger charge is -2.47. The smallest absolute Gasteiger partial charge is 0.307 e. The minimum Gasteiger partial charge on any atom is -0.469 e. The second-order valence-electron chi connectivity index (χ2n) is 7.88. The maximum absolute atomic E-state index is 13.1. The number of piperidine rings is 1. The van der Waals surface area contributed by atoms with Gasteiger partial charge in [-0.25, -0.2) is 13.1 Å². The van der Waals surface area contributed by atoms with Crippen LogP contribution in [0.15, 0.2) is 29.2 Å². The van der Waals surface area contributed by atoms with Crippen LogP contribution in [0.25, 0.3) is 0 Å². The van der Waals surface area contributed by atoms with Gasteiger partial charge in [-0.2, -0.15) is 0 Å². The first kappa shape index (κ1) is 22.8. The maximum Gasteiger partial charge on any atom is 0.307 e. The number of esters is 1. The number of hydrogen-bond acceptors (Lipinski definition) is 5. The molecular formula is C21H34N2O4S. The van der Waals surface area contributed by atoms with Gasteiger partial charge in [0.05, 0.1) is 24.0 Å². The normalized spacial score (nSPS) is 23.5. The van der Waals surface area contributed by atoms with Gasteiger partial charge < -0.3 is 9.64 Å². The number of methoxy groups -OCH3 is 1. The van der Waals surface area contributed by atoms with Crippen molar-refractivity contribution in [1.29, 1.82) is 0 Å². The zero-order chi connectivity index (χ0) is 20.8. The molecule has 0 aliphatic carbocycles. The van der Waals surface area contributed by atoms with Crippen LogP contribution in [0.4, 0.5) is 0 Å². The van der Waals surface area contributed by atoms with Gasteiger partial charge in [0, 0.05) is 6.04 Å². The number of unbranched alkanes of at least 4 members (excludes halogenated alkanes) is 2. The molecule has 0 saturated carbocycles. The molecule has 28 heavy (non-hydrogen) atoms. The monoisotopic (exact) mass is 410 g/mol. The number of rotatable bonds is 9. The maximum atomic E-state index is 13.1. The van der Waals surface area contributed by atoms with Crippen molar-refractivity contribution in [1.82, 2.24) is 9.62 Å². The molecular weight excluding hydrogens is 376 g/mol. The van der Waals surface area contributed by atoms with Crippen LogP contribution >= 0.6 is 0 Å². The minimum atomic E-state index is -3.75. The summed E-state index contributed by atoms with van der Waals surface area (Å²) in [7, 11) is -0.469. The number of sulfonamides is 1. The number of ether oxygens (including phenoxy) is 1. The summed E-state index contributed by atoms with van der Waals surface area (Å²) in [5.41, 5.74) is 0.265. The Morgan fingerprint density at radius 1 is 1.29 bits per heavy atom. The van der Waals surface area contributed by atoms with Crippen LogP contribution in [0.3, 0.4) is 0 Å². The number of hydrogen-bond donors (Lipinski definition) is 1. The summed E-state index contributed by atoms with van der Waals surface area (Å²) in [5.74, 6) is -0.406. The van der Waals surface area contributed by atoms with Crippen LogP contribution in [0.1, 0.15) is 57.9 Å². The Morgan fingerprint density at radius 3 is 2.57 bits per heavy atom. The van der Waals surface area contributed by atoms with Gasteiger partial charge in [-0.3, -0.25) is 4.79 Å². The zero-order valence-corrected chi connectivity index (χ0v) is 18.3. The lowest BCUT2D eigenvalue weighted by molar-refractivity contribution is -0.143. The Kier molecular flexibility index (Phi) is 8.04. The van der Waals surface area contributed by atoms with Crippen LogP contribution in [0, 0.1) is 0 Å². The van der Waals surface area contributed by atoms with Gasteiger partial charge in [0.2, 0.25) is 10.0 Å². The first-order valence-corrected chi connectivity index (χ1v) is 11.6. The van der Waals surface area contributed by atoms with Crippen molar-refractivity contribution in [3.05, 3.63) is 29.8 Å². The molecule has 0 radical (unpaired) electrons. The molecule has 6 nitrogen and oxygen atoms in total. The van der Waals surface area contributed by atoms with E-state index in [2.05, 4.69) is 16.5 Å².